The summed E-state index contributed by atoms with van der Waals surface area (Å²) in [7, 11) is 0. The normalized spacial score (nSPS) is 19.5. The van der Waals surface area contributed by atoms with Gasteiger partial charge in [-0.3, -0.25) is 9.59 Å². The highest BCUT2D eigenvalue weighted by atomic mass is 35.5. The molecule has 6 heteroatoms. The highest BCUT2D eigenvalue weighted by molar-refractivity contribution is 6.00. The van der Waals surface area contributed by atoms with E-state index in [0.717, 1.165) is 25.8 Å². The minimum Gasteiger partial charge on any atom is -0.339 e. The van der Waals surface area contributed by atoms with E-state index in [0.29, 0.717) is 24.3 Å². The van der Waals surface area contributed by atoms with E-state index in [1.54, 1.807) is 17.0 Å². The van der Waals surface area contributed by atoms with Crippen LogP contribution in [0.1, 0.15) is 50.4 Å². The number of nitrogens with zero attached hydrogens (tertiary/aromatic N) is 1. The van der Waals surface area contributed by atoms with Crippen molar-refractivity contribution < 1.29 is 9.59 Å². The van der Waals surface area contributed by atoms with Gasteiger partial charge in [0.05, 0.1) is 5.54 Å². The summed E-state index contributed by atoms with van der Waals surface area (Å²) in [6.07, 6.45) is 2.63. The lowest BCUT2D eigenvalue weighted by Gasteiger charge is -2.26. The molecule has 1 aliphatic rings. The van der Waals surface area contributed by atoms with Crippen LogP contribution in [0.25, 0.3) is 0 Å². The topological polar surface area (TPSA) is 61.4 Å². The predicted molar refractivity (Wildman–Crippen MR) is 99.8 cm³/mol. The molecule has 2 rings (SSSR count). The number of rotatable bonds is 6. The van der Waals surface area contributed by atoms with Crippen molar-refractivity contribution in [1.29, 1.82) is 0 Å². The Morgan fingerprint density at radius 3 is 2.50 bits per heavy atom. The van der Waals surface area contributed by atoms with E-state index in [9.17, 15) is 9.59 Å². The Hall–Kier alpha value is -1.59. The summed E-state index contributed by atoms with van der Waals surface area (Å²) in [6, 6.07) is 7.19. The average molecular weight is 354 g/mol. The molecule has 0 radical (unpaired) electrons. The Labute approximate surface area is 150 Å². The number of anilines is 1. The molecule has 1 saturated heterocycles. The molecule has 0 aromatic heterocycles. The molecule has 5 nitrogen and oxygen atoms in total. The van der Waals surface area contributed by atoms with Crippen LogP contribution >= 0.6 is 12.4 Å². The molecule has 0 aliphatic carbocycles. The summed E-state index contributed by atoms with van der Waals surface area (Å²) in [5.74, 6) is -0.0137. The number of carbonyl (C=O) groups excluding carboxylic acids is 2. The van der Waals surface area contributed by atoms with Gasteiger partial charge in [0, 0.05) is 24.3 Å². The second-order valence-corrected chi connectivity index (χ2v) is 5.98. The smallest absolute Gasteiger partial charge is 0.253 e. The van der Waals surface area contributed by atoms with Crippen molar-refractivity contribution in [3.8, 4) is 0 Å². The standard InChI is InChI=1S/C18H27N3O2.ClH/c1-4-18(11-8-12-19-18)17(23)20-15-10-7-9-14(13-15)16(22)21(5-2)6-3;/h7,9-10,13,19H,4-6,8,11-12H2,1-3H3,(H,20,23);1H. The fourth-order valence-corrected chi connectivity index (χ4v) is 3.14. The highest BCUT2D eigenvalue weighted by Gasteiger charge is 2.39. The summed E-state index contributed by atoms with van der Waals surface area (Å²) < 4.78 is 0. The Bertz CT molecular complexity index is 567. The third kappa shape index (κ3) is 4.28. The third-order valence-corrected chi connectivity index (χ3v) is 4.70. The molecule has 1 heterocycles. The first-order chi connectivity index (χ1) is 11.1. The number of hydrogen-bond donors (Lipinski definition) is 2. The summed E-state index contributed by atoms with van der Waals surface area (Å²) >= 11 is 0. The fraction of sp³-hybridized carbons (Fsp3) is 0.556. The van der Waals surface area contributed by atoms with Crippen molar-refractivity contribution in [1.82, 2.24) is 10.2 Å². The van der Waals surface area contributed by atoms with Crippen LogP contribution in [0, 0.1) is 0 Å². The molecule has 2 N–H and O–H groups in total. The summed E-state index contributed by atoms with van der Waals surface area (Å²) in [5.41, 5.74) is 0.810. The van der Waals surface area contributed by atoms with Crippen molar-refractivity contribution in [2.45, 2.75) is 45.6 Å². The summed E-state index contributed by atoms with van der Waals surface area (Å²) in [4.78, 5) is 26.8. The van der Waals surface area contributed by atoms with Crippen LogP contribution in [0.3, 0.4) is 0 Å². The van der Waals surface area contributed by atoms with Gasteiger partial charge in [-0.2, -0.15) is 0 Å². The molecule has 24 heavy (non-hydrogen) atoms. The van der Waals surface area contributed by atoms with E-state index in [1.165, 1.54) is 0 Å². The molecular formula is C18H28ClN3O2. The van der Waals surface area contributed by atoms with Crippen LogP contribution in [-0.2, 0) is 4.79 Å². The van der Waals surface area contributed by atoms with E-state index < -0.39 is 5.54 Å². The molecule has 1 aliphatic heterocycles. The lowest BCUT2D eigenvalue weighted by molar-refractivity contribution is -0.122. The molecule has 1 aromatic carbocycles. The zero-order valence-corrected chi connectivity index (χ0v) is 15.5. The largest absolute Gasteiger partial charge is 0.339 e. The van der Waals surface area contributed by atoms with Crippen LogP contribution in [-0.4, -0.2) is 41.9 Å². The second-order valence-electron chi connectivity index (χ2n) is 5.98. The first kappa shape index (κ1) is 20.5. The number of hydrogen-bond acceptors (Lipinski definition) is 3. The van der Waals surface area contributed by atoms with Gasteiger partial charge >= 0.3 is 0 Å². The number of nitrogens with one attached hydrogen (secondary N) is 2. The van der Waals surface area contributed by atoms with E-state index in [2.05, 4.69) is 10.6 Å². The van der Waals surface area contributed by atoms with E-state index in [1.807, 2.05) is 32.9 Å². The van der Waals surface area contributed by atoms with Gasteiger partial charge in [0.25, 0.3) is 5.91 Å². The zero-order valence-electron chi connectivity index (χ0n) is 14.7. The first-order valence-electron chi connectivity index (χ1n) is 8.52. The SMILES string of the molecule is CCN(CC)C(=O)c1cccc(NC(=O)C2(CC)CCCN2)c1.Cl. The van der Waals surface area contributed by atoms with Crippen LogP contribution in [0.5, 0.6) is 0 Å². The summed E-state index contributed by atoms with van der Waals surface area (Å²) in [6.45, 7) is 8.18. The van der Waals surface area contributed by atoms with Gasteiger partial charge in [0.2, 0.25) is 5.91 Å². The first-order valence-corrected chi connectivity index (χ1v) is 8.52. The molecule has 0 spiro atoms. The highest BCUT2D eigenvalue weighted by Crippen LogP contribution is 2.25. The van der Waals surface area contributed by atoms with Crippen LogP contribution in [0.15, 0.2) is 24.3 Å². The van der Waals surface area contributed by atoms with Gasteiger partial charge in [-0.25, -0.2) is 0 Å². The molecule has 1 fully saturated rings. The van der Waals surface area contributed by atoms with Crippen LogP contribution < -0.4 is 10.6 Å². The lowest BCUT2D eigenvalue weighted by Crippen LogP contribution is -2.50. The average Bonchev–Trinajstić information content (AvgIpc) is 3.06. The van der Waals surface area contributed by atoms with Crippen molar-refractivity contribution in [3.63, 3.8) is 0 Å². The van der Waals surface area contributed by atoms with Gasteiger partial charge in [-0.05, 0) is 57.9 Å². The van der Waals surface area contributed by atoms with Gasteiger partial charge in [0.15, 0.2) is 0 Å². The molecule has 1 aromatic rings. The maximum atomic E-state index is 12.6. The Kier molecular flexibility index (Phi) is 7.70. The van der Waals surface area contributed by atoms with Crippen molar-refractivity contribution in [2.75, 3.05) is 25.0 Å². The van der Waals surface area contributed by atoms with Crippen molar-refractivity contribution >= 4 is 29.9 Å². The maximum absolute atomic E-state index is 12.6. The molecular weight excluding hydrogens is 326 g/mol. The zero-order chi connectivity index (χ0) is 16.9. The van der Waals surface area contributed by atoms with E-state index in [4.69, 9.17) is 0 Å². The molecule has 0 saturated carbocycles. The van der Waals surface area contributed by atoms with Crippen molar-refractivity contribution in [3.05, 3.63) is 29.8 Å². The molecule has 2 amide bonds. The summed E-state index contributed by atoms with van der Waals surface area (Å²) in [5, 5.41) is 6.30. The predicted octanol–water partition coefficient (Wildman–Crippen LogP) is 3.06. The third-order valence-electron chi connectivity index (χ3n) is 4.70. The number of halogens is 1. The number of carbonyl (C=O) groups is 2. The van der Waals surface area contributed by atoms with Crippen LogP contribution in [0.2, 0.25) is 0 Å². The second kappa shape index (κ2) is 9.04. The molecule has 1 atom stereocenters. The molecule has 134 valence electrons. The minimum absolute atomic E-state index is 0. The number of amides is 2. The minimum atomic E-state index is -0.473. The van der Waals surface area contributed by atoms with Gasteiger partial charge in [0.1, 0.15) is 0 Å². The fourth-order valence-electron chi connectivity index (χ4n) is 3.14. The Morgan fingerprint density at radius 1 is 1.25 bits per heavy atom. The maximum Gasteiger partial charge on any atom is 0.253 e. The lowest BCUT2D eigenvalue weighted by atomic mass is 9.93. The van der Waals surface area contributed by atoms with Gasteiger partial charge in [-0.1, -0.05) is 13.0 Å². The number of benzene rings is 1. The van der Waals surface area contributed by atoms with Gasteiger partial charge < -0.3 is 15.5 Å². The molecule has 1 unspecified atom stereocenters. The van der Waals surface area contributed by atoms with E-state index in [-0.39, 0.29) is 24.2 Å². The van der Waals surface area contributed by atoms with Crippen molar-refractivity contribution in [2.24, 2.45) is 0 Å². The van der Waals surface area contributed by atoms with Crippen LogP contribution in [0.4, 0.5) is 5.69 Å². The quantitative estimate of drug-likeness (QED) is 0.826. The van der Waals surface area contributed by atoms with Gasteiger partial charge in [-0.15, -0.1) is 12.4 Å². The van der Waals surface area contributed by atoms with E-state index >= 15 is 0 Å². The molecule has 0 bridgehead atoms. The Balaban J connectivity index is 0.00000288. The monoisotopic (exact) mass is 353 g/mol. The Morgan fingerprint density at radius 2 is 1.96 bits per heavy atom.